The Labute approximate surface area is 86.2 Å². The summed E-state index contributed by atoms with van der Waals surface area (Å²) in [6.07, 6.45) is 0. The number of benzene rings is 1. The number of hydrogen-bond acceptors (Lipinski definition) is 4. The Kier molecular flexibility index (Phi) is 3.22. The van der Waals surface area contributed by atoms with Gasteiger partial charge >= 0.3 is 0 Å². The summed E-state index contributed by atoms with van der Waals surface area (Å²) in [5.41, 5.74) is 6.47. The molecule has 0 aliphatic heterocycles. The van der Waals surface area contributed by atoms with E-state index < -0.39 is 0 Å². The van der Waals surface area contributed by atoms with Crippen LogP contribution in [0.5, 0.6) is 0 Å². The molecule has 0 aliphatic carbocycles. The Morgan fingerprint density at radius 2 is 1.85 bits per heavy atom. The first-order valence-corrected chi connectivity index (χ1v) is 4.28. The van der Waals surface area contributed by atoms with Crippen molar-refractivity contribution in [1.29, 1.82) is 0 Å². The molecule has 0 saturated heterocycles. The highest BCUT2D eigenvalue weighted by Crippen LogP contribution is 2.20. The highest BCUT2D eigenvalue weighted by Gasteiger charge is 2.01. The van der Waals surface area contributed by atoms with Crippen LogP contribution in [0.4, 0.5) is 5.95 Å². The summed E-state index contributed by atoms with van der Waals surface area (Å²) >= 11 is 1.32. The molecule has 5 heteroatoms. The molecule has 0 amide bonds. The second kappa shape index (κ2) is 4.20. The molecule has 1 aromatic carbocycles. The molecule has 1 aromatic heterocycles. The third-order valence-electron chi connectivity index (χ3n) is 1.46. The number of nitrogen functional groups attached to an aromatic ring is 1. The highest BCUT2D eigenvalue weighted by molar-refractivity contribution is 7.09. The van der Waals surface area contributed by atoms with E-state index in [1.54, 1.807) is 0 Å². The van der Waals surface area contributed by atoms with Crippen molar-refractivity contribution in [2.45, 2.75) is 0 Å². The van der Waals surface area contributed by atoms with E-state index in [1.807, 2.05) is 30.3 Å². The number of aromatic nitrogens is 2. The van der Waals surface area contributed by atoms with Crippen LogP contribution in [0.2, 0.25) is 0 Å². The standard InChI is InChI=1S/C8H7N3S.ClH/c9-8-10-7(12-11-8)6-4-2-1-3-5-6;/h1-5H,(H2,9,11);1H. The van der Waals surface area contributed by atoms with E-state index in [4.69, 9.17) is 5.73 Å². The van der Waals surface area contributed by atoms with Gasteiger partial charge in [0, 0.05) is 5.56 Å². The SMILES string of the molecule is Cl.Nc1nsc(-c2ccccc2)n1. The molecule has 68 valence electrons. The maximum atomic E-state index is 5.40. The lowest BCUT2D eigenvalue weighted by molar-refractivity contribution is 1.34. The van der Waals surface area contributed by atoms with E-state index in [2.05, 4.69) is 9.36 Å². The minimum absolute atomic E-state index is 0. The van der Waals surface area contributed by atoms with Crippen molar-refractivity contribution in [2.24, 2.45) is 0 Å². The summed E-state index contributed by atoms with van der Waals surface area (Å²) < 4.78 is 3.90. The number of nitrogens with two attached hydrogens (primary N) is 1. The Balaban J connectivity index is 0.000000845. The highest BCUT2D eigenvalue weighted by atomic mass is 35.5. The van der Waals surface area contributed by atoms with Gasteiger partial charge in [-0.25, -0.2) is 0 Å². The van der Waals surface area contributed by atoms with Crippen LogP contribution in [0.25, 0.3) is 10.6 Å². The largest absolute Gasteiger partial charge is 0.367 e. The Hall–Kier alpha value is -1.13. The van der Waals surface area contributed by atoms with Crippen molar-refractivity contribution < 1.29 is 0 Å². The molecule has 0 fully saturated rings. The molecule has 0 spiro atoms. The second-order valence-corrected chi connectivity index (χ2v) is 3.08. The quantitative estimate of drug-likeness (QED) is 0.790. The van der Waals surface area contributed by atoms with Crippen LogP contribution < -0.4 is 5.73 Å². The first-order chi connectivity index (χ1) is 5.86. The average Bonchev–Trinajstić information content (AvgIpc) is 2.54. The first kappa shape index (κ1) is 9.95. The van der Waals surface area contributed by atoms with Crippen LogP contribution in [0.3, 0.4) is 0 Å². The summed E-state index contributed by atoms with van der Waals surface area (Å²) in [6.45, 7) is 0. The maximum absolute atomic E-state index is 5.40. The summed E-state index contributed by atoms with van der Waals surface area (Å²) in [5.74, 6) is 0.346. The summed E-state index contributed by atoms with van der Waals surface area (Å²) in [7, 11) is 0. The van der Waals surface area contributed by atoms with Gasteiger partial charge in [-0.1, -0.05) is 30.3 Å². The molecule has 0 aliphatic rings. The van der Waals surface area contributed by atoms with Crippen molar-refractivity contribution >= 4 is 29.9 Å². The number of halogens is 1. The zero-order valence-corrected chi connectivity index (χ0v) is 8.31. The monoisotopic (exact) mass is 213 g/mol. The van der Waals surface area contributed by atoms with Gasteiger partial charge in [-0.3, -0.25) is 0 Å². The minimum Gasteiger partial charge on any atom is -0.367 e. The summed E-state index contributed by atoms with van der Waals surface area (Å²) in [5, 5.41) is 0.869. The average molecular weight is 214 g/mol. The van der Waals surface area contributed by atoms with Crippen LogP contribution in [0.1, 0.15) is 0 Å². The molecule has 2 aromatic rings. The van der Waals surface area contributed by atoms with Crippen LogP contribution >= 0.6 is 23.9 Å². The van der Waals surface area contributed by atoms with Gasteiger partial charge in [-0.15, -0.1) is 12.4 Å². The van der Waals surface area contributed by atoms with Crippen molar-refractivity contribution in [3.05, 3.63) is 30.3 Å². The van der Waals surface area contributed by atoms with Gasteiger partial charge in [-0.2, -0.15) is 9.36 Å². The summed E-state index contributed by atoms with van der Waals surface area (Å²) in [4.78, 5) is 4.07. The lowest BCUT2D eigenvalue weighted by Crippen LogP contribution is -1.85. The third kappa shape index (κ3) is 2.17. The molecule has 0 saturated carbocycles. The van der Waals surface area contributed by atoms with E-state index in [0.717, 1.165) is 10.6 Å². The number of hydrogen-bond donors (Lipinski definition) is 1. The molecule has 3 nitrogen and oxygen atoms in total. The van der Waals surface area contributed by atoms with Crippen molar-refractivity contribution in [3.63, 3.8) is 0 Å². The molecule has 0 radical (unpaired) electrons. The fourth-order valence-electron chi connectivity index (χ4n) is 0.933. The first-order valence-electron chi connectivity index (χ1n) is 3.51. The molecule has 13 heavy (non-hydrogen) atoms. The van der Waals surface area contributed by atoms with Gasteiger partial charge < -0.3 is 5.73 Å². The van der Waals surface area contributed by atoms with Gasteiger partial charge in [0.05, 0.1) is 0 Å². The number of nitrogens with zero attached hydrogens (tertiary/aromatic N) is 2. The molecule has 0 bridgehead atoms. The predicted octanol–water partition coefficient (Wildman–Crippen LogP) is 2.21. The van der Waals surface area contributed by atoms with Gasteiger partial charge in [0.1, 0.15) is 5.01 Å². The van der Waals surface area contributed by atoms with Crippen LogP contribution in [0, 0.1) is 0 Å². The van der Waals surface area contributed by atoms with Crippen LogP contribution in [-0.2, 0) is 0 Å². The zero-order chi connectivity index (χ0) is 8.39. The van der Waals surface area contributed by atoms with E-state index in [0.29, 0.717) is 5.95 Å². The van der Waals surface area contributed by atoms with E-state index in [-0.39, 0.29) is 12.4 Å². The topological polar surface area (TPSA) is 51.8 Å². The molecule has 2 rings (SSSR count). The van der Waals surface area contributed by atoms with Crippen LogP contribution in [-0.4, -0.2) is 9.36 Å². The van der Waals surface area contributed by atoms with E-state index in [9.17, 15) is 0 Å². The Morgan fingerprint density at radius 3 is 2.38 bits per heavy atom. The Bertz CT molecular complexity index is 374. The molecular formula is C8H8ClN3S. The normalized spacial score (nSPS) is 9.23. The molecule has 1 heterocycles. The number of anilines is 1. The van der Waals surface area contributed by atoms with Crippen molar-refractivity contribution in [1.82, 2.24) is 9.36 Å². The lowest BCUT2D eigenvalue weighted by atomic mass is 10.2. The number of rotatable bonds is 1. The van der Waals surface area contributed by atoms with Gasteiger partial charge in [0.2, 0.25) is 5.95 Å². The van der Waals surface area contributed by atoms with Gasteiger partial charge in [-0.05, 0) is 11.5 Å². The van der Waals surface area contributed by atoms with Gasteiger partial charge in [0.15, 0.2) is 0 Å². The van der Waals surface area contributed by atoms with E-state index in [1.165, 1.54) is 11.5 Å². The molecular weight excluding hydrogens is 206 g/mol. The minimum atomic E-state index is 0. The smallest absolute Gasteiger partial charge is 0.232 e. The third-order valence-corrected chi connectivity index (χ3v) is 2.24. The predicted molar refractivity (Wildman–Crippen MR) is 57.0 cm³/mol. The molecule has 0 unspecified atom stereocenters. The van der Waals surface area contributed by atoms with Crippen molar-refractivity contribution in [3.8, 4) is 10.6 Å². The molecule has 0 atom stereocenters. The zero-order valence-electron chi connectivity index (χ0n) is 6.68. The van der Waals surface area contributed by atoms with E-state index >= 15 is 0 Å². The van der Waals surface area contributed by atoms with Crippen molar-refractivity contribution in [2.75, 3.05) is 5.73 Å². The maximum Gasteiger partial charge on any atom is 0.232 e. The Morgan fingerprint density at radius 1 is 1.15 bits per heavy atom. The fraction of sp³-hybridized carbons (Fsp3) is 0. The van der Waals surface area contributed by atoms with Gasteiger partial charge in [0.25, 0.3) is 0 Å². The lowest BCUT2D eigenvalue weighted by Gasteiger charge is -1.90. The summed E-state index contributed by atoms with van der Waals surface area (Å²) in [6, 6.07) is 9.87. The van der Waals surface area contributed by atoms with Crippen LogP contribution in [0.15, 0.2) is 30.3 Å². The second-order valence-electron chi connectivity index (χ2n) is 2.32. The molecule has 2 N–H and O–H groups in total. The fourth-order valence-corrected chi connectivity index (χ4v) is 1.53.